The van der Waals surface area contributed by atoms with E-state index in [1.807, 2.05) is 24.3 Å². The van der Waals surface area contributed by atoms with Crippen LogP contribution in [0.25, 0.3) is 11.1 Å². The highest BCUT2D eigenvalue weighted by Crippen LogP contribution is 2.74. The summed E-state index contributed by atoms with van der Waals surface area (Å²) < 4.78 is 10.3. The lowest BCUT2D eigenvalue weighted by Crippen LogP contribution is -2.49. The summed E-state index contributed by atoms with van der Waals surface area (Å²) in [5.74, 6) is -2.13. The predicted octanol–water partition coefficient (Wildman–Crippen LogP) is 2.90. The van der Waals surface area contributed by atoms with Crippen molar-refractivity contribution < 1.29 is 29.0 Å². The molecule has 0 radical (unpaired) electrons. The van der Waals surface area contributed by atoms with Gasteiger partial charge in [-0.15, -0.1) is 0 Å². The van der Waals surface area contributed by atoms with Crippen LogP contribution in [0.2, 0.25) is 0 Å². The fraction of sp³-hybridized carbons (Fsp3) is 0.320. The Hall–Kier alpha value is -3.25. The van der Waals surface area contributed by atoms with Gasteiger partial charge in [0.1, 0.15) is 0 Å². The molecule has 160 valence electrons. The second-order valence-electron chi connectivity index (χ2n) is 8.35. The van der Waals surface area contributed by atoms with Gasteiger partial charge in [-0.05, 0) is 28.7 Å². The zero-order valence-electron chi connectivity index (χ0n) is 17.7. The molecular weight excluding hydrogens is 396 g/mol. The number of fused-ring (bicyclic) bond motifs is 2. The van der Waals surface area contributed by atoms with E-state index in [-0.39, 0.29) is 6.42 Å². The van der Waals surface area contributed by atoms with E-state index in [4.69, 9.17) is 9.47 Å². The number of benzene rings is 2. The normalized spacial score (nSPS) is 29.2. The molecule has 2 bridgehead atoms. The molecule has 2 aliphatic carbocycles. The van der Waals surface area contributed by atoms with Crippen molar-refractivity contribution in [2.24, 2.45) is 16.2 Å². The van der Waals surface area contributed by atoms with E-state index in [9.17, 15) is 19.5 Å². The van der Waals surface area contributed by atoms with Gasteiger partial charge in [-0.25, -0.2) is 0 Å². The monoisotopic (exact) mass is 420 g/mol. The number of hydrogen-bond acceptors (Lipinski definition) is 6. The van der Waals surface area contributed by atoms with Crippen LogP contribution in [0.1, 0.15) is 24.5 Å². The summed E-state index contributed by atoms with van der Waals surface area (Å²) >= 11 is 0. The summed E-state index contributed by atoms with van der Waals surface area (Å²) in [4.78, 5) is 41.0. The number of aliphatic hydroxyl groups excluding tert-OH is 1. The average molecular weight is 420 g/mol. The Morgan fingerprint density at radius 3 is 1.81 bits per heavy atom. The molecule has 1 saturated carbocycles. The molecule has 2 aromatic rings. The summed E-state index contributed by atoms with van der Waals surface area (Å²) in [5.41, 5.74) is -2.74. The van der Waals surface area contributed by atoms with E-state index in [1.54, 1.807) is 43.3 Å². The van der Waals surface area contributed by atoms with Gasteiger partial charge in [-0.2, -0.15) is 0 Å². The van der Waals surface area contributed by atoms with Gasteiger partial charge < -0.3 is 14.6 Å². The molecule has 6 heteroatoms. The van der Waals surface area contributed by atoms with E-state index in [0.29, 0.717) is 22.3 Å². The number of esters is 2. The van der Waals surface area contributed by atoms with Crippen molar-refractivity contribution in [2.75, 3.05) is 20.8 Å². The maximum absolute atomic E-state index is 14.2. The van der Waals surface area contributed by atoms with Crippen LogP contribution in [0.4, 0.5) is 0 Å². The van der Waals surface area contributed by atoms with E-state index < -0.39 is 40.6 Å². The summed E-state index contributed by atoms with van der Waals surface area (Å²) in [5, 5.41) is 10.4. The maximum atomic E-state index is 14.2. The van der Waals surface area contributed by atoms with Gasteiger partial charge in [-0.3, -0.25) is 14.4 Å². The Morgan fingerprint density at radius 1 is 0.871 bits per heavy atom. The molecule has 0 aromatic heterocycles. The molecular formula is C25H24O6. The van der Waals surface area contributed by atoms with Crippen molar-refractivity contribution in [1.82, 2.24) is 0 Å². The van der Waals surface area contributed by atoms with Crippen molar-refractivity contribution >= 4 is 28.9 Å². The molecule has 0 aliphatic heterocycles. The number of carbonyl (C=O) groups excluding carboxylic acids is 3. The first-order chi connectivity index (χ1) is 14.8. The van der Waals surface area contributed by atoms with Crippen molar-refractivity contribution in [1.29, 1.82) is 0 Å². The quantitative estimate of drug-likeness (QED) is 0.591. The third kappa shape index (κ3) is 2.39. The predicted molar refractivity (Wildman–Crippen MR) is 113 cm³/mol. The molecule has 2 aromatic carbocycles. The van der Waals surface area contributed by atoms with Crippen LogP contribution in [0.3, 0.4) is 0 Å². The first-order valence-electron chi connectivity index (χ1n) is 10.0. The standard InChI is InChI=1S/C25H24O6/c1-23(15-26)14-24(21(28)30-2)18(16-10-6-4-7-11-16)19(17-12-8-5-9-13-17)25(23,20(24)27)22(29)31-3/h4-13,26H,14-15H2,1-3H3/t23-,24-,25-/m1/s1. The topological polar surface area (TPSA) is 89.9 Å². The molecule has 1 N–H and O–H groups in total. The first kappa shape index (κ1) is 21.0. The van der Waals surface area contributed by atoms with E-state index in [1.165, 1.54) is 14.2 Å². The summed E-state index contributed by atoms with van der Waals surface area (Å²) in [6.45, 7) is 1.17. The maximum Gasteiger partial charge on any atom is 0.324 e. The third-order valence-electron chi connectivity index (χ3n) is 6.84. The highest BCUT2D eigenvalue weighted by Gasteiger charge is 2.82. The summed E-state index contributed by atoms with van der Waals surface area (Å²) in [6, 6.07) is 18.1. The number of ketones is 1. The van der Waals surface area contributed by atoms with Crippen molar-refractivity contribution in [3.63, 3.8) is 0 Å². The van der Waals surface area contributed by atoms with Crippen molar-refractivity contribution in [3.05, 3.63) is 71.8 Å². The van der Waals surface area contributed by atoms with Crippen LogP contribution in [0, 0.1) is 16.2 Å². The minimum Gasteiger partial charge on any atom is -0.468 e. The zero-order valence-corrected chi connectivity index (χ0v) is 17.7. The smallest absolute Gasteiger partial charge is 0.324 e. The fourth-order valence-electron chi connectivity index (χ4n) is 5.58. The van der Waals surface area contributed by atoms with E-state index >= 15 is 0 Å². The lowest BCUT2D eigenvalue weighted by Gasteiger charge is -2.43. The molecule has 0 heterocycles. The Balaban J connectivity index is 2.24. The number of rotatable bonds is 5. The Kier molecular flexibility index (Phi) is 4.85. The Morgan fingerprint density at radius 2 is 1.35 bits per heavy atom. The second kappa shape index (κ2) is 7.17. The lowest BCUT2D eigenvalue weighted by molar-refractivity contribution is -0.160. The zero-order chi connectivity index (χ0) is 22.4. The van der Waals surface area contributed by atoms with Crippen LogP contribution in [0.5, 0.6) is 0 Å². The highest BCUT2D eigenvalue weighted by atomic mass is 16.5. The SMILES string of the molecule is COC(=O)[C@@]12C[C@](C)(CO)[C@@](C(=O)OC)(C1=O)C(c1ccccc1)=C2c1ccccc1. The summed E-state index contributed by atoms with van der Waals surface area (Å²) in [6.07, 6.45) is -0.0579. The number of carbonyl (C=O) groups is 3. The van der Waals surface area contributed by atoms with Crippen LogP contribution < -0.4 is 0 Å². The Labute approximate surface area is 180 Å². The molecule has 2 aliphatic rings. The molecule has 31 heavy (non-hydrogen) atoms. The molecule has 1 fully saturated rings. The molecule has 3 atom stereocenters. The third-order valence-corrected chi connectivity index (χ3v) is 6.84. The van der Waals surface area contributed by atoms with E-state index in [0.717, 1.165) is 0 Å². The number of Topliss-reactive ketones (excluding diaryl/α,β-unsaturated/α-hetero) is 1. The van der Waals surface area contributed by atoms with Crippen LogP contribution in [-0.2, 0) is 23.9 Å². The number of methoxy groups -OCH3 is 2. The van der Waals surface area contributed by atoms with Crippen LogP contribution in [-0.4, -0.2) is 43.7 Å². The first-order valence-corrected chi connectivity index (χ1v) is 10.0. The molecule has 0 saturated heterocycles. The Bertz CT molecular complexity index is 1090. The molecule has 0 amide bonds. The highest BCUT2D eigenvalue weighted by molar-refractivity contribution is 6.38. The van der Waals surface area contributed by atoms with Gasteiger partial charge in [0.05, 0.1) is 20.8 Å². The second-order valence-corrected chi connectivity index (χ2v) is 8.35. The van der Waals surface area contributed by atoms with Gasteiger partial charge >= 0.3 is 11.9 Å². The average Bonchev–Trinajstić information content (AvgIpc) is 3.18. The van der Waals surface area contributed by atoms with E-state index in [2.05, 4.69) is 0 Å². The van der Waals surface area contributed by atoms with Crippen LogP contribution >= 0.6 is 0 Å². The van der Waals surface area contributed by atoms with Crippen molar-refractivity contribution in [2.45, 2.75) is 13.3 Å². The molecule has 4 rings (SSSR count). The largest absolute Gasteiger partial charge is 0.468 e. The number of ether oxygens (including phenoxy) is 2. The molecule has 0 spiro atoms. The van der Waals surface area contributed by atoms with Gasteiger partial charge in [0.15, 0.2) is 16.6 Å². The molecule has 6 nitrogen and oxygen atoms in total. The minimum absolute atomic E-state index is 0.0579. The van der Waals surface area contributed by atoms with Gasteiger partial charge in [0.25, 0.3) is 0 Å². The number of aliphatic hydroxyl groups is 1. The van der Waals surface area contributed by atoms with Gasteiger partial charge in [0.2, 0.25) is 0 Å². The van der Waals surface area contributed by atoms with Gasteiger partial charge in [0, 0.05) is 5.41 Å². The lowest BCUT2D eigenvalue weighted by atomic mass is 9.58. The molecule has 0 unspecified atom stereocenters. The fourth-order valence-corrected chi connectivity index (χ4v) is 5.58. The van der Waals surface area contributed by atoms with Crippen molar-refractivity contribution in [3.8, 4) is 0 Å². The van der Waals surface area contributed by atoms with Gasteiger partial charge in [-0.1, -0.05) is 67.6 Å². The summed E-state index contributed by atoms with van der Waals surface area (Å²) in [7, 11) is 2.44. The minimum atomic E-state index is -1.85. The van der Waals surface area contributed by atoms with Crippen LogP contribution in [0.15, 0.2) is 60.7 Å². The number of hydrogen-bond donors (Lipinski definition) is 1.